The Morgan fingerprint density at radius 2 is 1.92 bits per heavy atom. The number of halogens is 1. The van der Waals surface area contributed by atoms with Crippen molar-refractivity contribution in [2.75, 3.05) is 39.9 Å². The number of rotatable bonds is 8. The van der Waals surface area contributed by atoms with Crippen LogP contribution in [0.5, 0.6) is 0 Å². The molecule has 2 fully saturated rings. The second-order valence-corrected chi connectivity index (χ2v) is 10.5. The minimum atomic E-state index is -1.28. The number of aliphatic hydroxyl groups is 1. The van der Waals surface area contributed by atoms with Crippen LogP contribution in [0.25, 0.3) is 11.1 Å². The number of benzene rings is 2. The maximum atomic E-state index is 15.4. The van der Waals surface area contributed by atoms with Crippen LogP contribution in [-0.2, 0) is 10.3 Å². The standard InChI is InChI=1S/C29H40FN3O3/c1-21-8-5-9-22(18-21)27-25(11-6-12-26(27)30)29(35,14-3-4-17-36-2)23-10-7-15-32(19-23)28(34)33-16-13-24(31)20-33/h5-6,8-9,11-12,18,23-24,35H,3-4,7,10,13-17,19-20,31H2,1-2H3/t23-,24+,29+/m1/s1. The fourth-order valence-corrected chi connectivity index (χ4v) is 5.88. The Morgan fingerprint density at radius 3 is 2.64 bits per heavy atom. The first-order valence-electron chi connectivity index (χ1n) is 13.2. The van der Waals surface area contributed by atoms with Gasteiger partial charge in [-0.05, 0) is 62.6 Å². The van der Waals surface area contributed by atoms with E-state index in [0.29, 0.717) is 50.3 Å². The summed E-state index contributed by atoms with van der Waals surface area (Å²) in [5, 5.41) is 12.5. The largest absolute Gasteiger partial charge is 0.385 e. The Bertz CT molecular complexity index is 1050. The minimum absolute atomic E-state index is 0.00691. The first kappa shape index (κ1) is 26.6. The Labute approximate surface area is 214 Å². The molecule has 2 aromatic carbocycles. The van der Waals surface area contributed by atoms with Crippen molar-refractivity contribution in [3.05, 3.63) is 59.4 Å². The molecule has 0 radical (unpaired) electrons. The van der Waals surface area contributed by atoms with Crippen LogP contribution in [0.3, 0.4) is 0 Å². The number of carbonyl (C=O) groups is 1. The molecule has 0 saturated carbocycles. The van der Waals surface area contributed by atoms with Gasteiger partial charge in [-0.25, -0.2) is 9.18 Å². The maximum absolute atomic E-state index is 15.4. The summed E-state index contributed by atoms with van der Waals surface area (Å²) >= 11 is 0. The number of urea groups is 1. The fraction of sp³-hybridized carbons (Fsp3) is 0.552. The summed E-state index contributed by atoms with van der Waals surface area (Å²) in [6.45, 7) is 4.93. The highest BCUT2D eigenvalue weighted by Crippen LogP contribution is 2.44. The molecule has 0 bridgehead atoms. The Kier molecular flexibility index (Phi) is 8.65. The molecule has 2 heterocycles. The molecule has 3 N–H and O–H groups in total. The first-order valence-corrected chi connectivity index (χ1v) is 13.2. The zero-order chi connectivity index (χ0) is 25.7. The van der Waals surface area contributed by atoms with E-state index in [1.54, 1.807) is 13.2 Å². The lowest BCUT2D eigenvalue weighted by molar-refractivity contribution is -0.0572. The van der Waals surface area contributed by atoms with E-state index in [9.17, 15) is 9.90 Å². The van der Waals surface area contributed by atoms with Crippen molar-refractivity contribution >= 4 is 6.03 Å². The molecule has 196 valence electrons. The van der Waals surface area contributed by atoms with E-state index in [-0.39, 0.29) is 23.8 Å². The summed E-state index contributed by atoms with van der Waals surface area (Å²) in [6.07, 6.45) is 4.39. The van der Waals surface area contributed by atoms with Crippen LogP contribution >= 0.6 is 0 Å². The van der Waals surface area contributed by atoms with Crippen molar-refractivity contribution in [1.82, 2.24) is 9.80 Å². The van der Waals surface area contributed by atoms with Crippen LogP contribution in [-0.4, -0.2) is 66.9 Å². The molecule has 2 aromatic rings. The van der Waals surface area contributed by atoms with Crippen LogP contribution in [0.2, 0.25) is 0 Å². The van der Waals surface area contributed by atoms with Gasteiger partial charge in [-0.3, -0.25) is 0 Å². The number of aryl methyl sites for hydroxylation is 1. The van der Waals surface area contributed by atoms with E-state index in [1.165, 1.54) is 6.07 Å². The smallest absolute Gasteiger partial charge is 0.320 e. The predicted molar refractivity (Wildman–Crippen MR) is 140 cm³/mol. The quantitative estimate of drug-likeness (QED) is 0.520. The summed E-state index contributed by atoms with van der Waals surface area (Å²) in [5.41, 5.74) is 7.60. The van der Waals surface area contributed by atoms with Crippen LogP contribution in [0.4, 0.5) is 9.18 Å². The number of likely N-dealkylation sites (tertiary alicyclic amines) is 2. The second kappa shape index (κ2) is 11.7. The molecular weight excluding hydrogens is 457 g/mol. The molecular formula is C29H40FN3O3. The van der Waals surface area contributed by atoms with Gasteiger partial charge >= 0.3 is 6.03 Å². The third kappa shape index (κ3) is 5.74. The van der Waals surface area contributed by atoms with E-state index in [0.717, 1.165) is 43.2 Å². The van der Waals surface area contributed by atoms with E-state index in [1.807, 2.05) is 47.1 Å². The van der Waals surface area contributed by atoms with Crippen molar-refractivity contribution < 1.29 is 19.0 Å². The first-order chi connectivity index (χ1) is 17.3. The van der Waals surface area contributed by atoms with E-state index in [4.69, 9.17) is 10.5 Å². The van der Waals surface area contributed by atoms with Crippen molar-refractivity contribution in [1.29, 1.82) is 0 Å². The second-order valence-electron chi connectivity index (χ2n) is 10.5. The van der Waals surface area contributed by atoms with Gasteiger partial charge in [-0.2, -0.15) is 0 Å². The number of nitrogens with two attached hydrogens (primary N) is 1. The molecule has 7 heteroatoms. The minimum Gasteiger partial charge on any atom is -0.385 e. The molecule has 2 amide bonds. The van der Waals surface area contributed by atoms with Gasteiger partial charge in [0, 0.05) is 57.4 Å². The fourth-order valence-electron chi connectivity index (χ4n) is 5.88. The molecule has 6 nitrogen and oxygen atoms in total. The van der Waals surface area contributed by atoms with Crippen molar-refractivity contribution in [2.24, 2.45) is 11.7 Å². The maximum Gasteiger partial charge on any atom is 0.320 e. The van der Waals surface area contributed by atoms with E-state index >= 15 is 4.39 Å². The third-order valence-corrected chi connectivity index (χ3v) is 7.81. The molecule has 0 aromatic heterocycles. The summed E-state index contributed by atoms with van der Waals surface area (Å²) in [4.78, 5) is 17.0. The number of hydrogen-bond donors (Lipinski definition) is 2. The summed E-state index contributed by atoms with van der Waals surface area (Å²) < 4.78 is 20.7. The van der Waals surface area contributed by atoms with Crippen LogP contribution in [0, 0.1) is 18.7 Å². The van der Waals surface area contributed by atoms with E-state index < -0.39 is 5.60 Å². The lowest BCUT2D eigenvalue weighted by atomic mass is 9.72. The normalized spacial score (nSPS) is 22.0. The highest BCUT2D eigenvalue weighted by Gasteiger charge is 2.43. The molecule has 36 heavy (non-hydrogen) atoms. The van der Waals surface area contributed by atoms with Gasteiger partial charge in [0.1, 0.15) is 5.82 Å². The Hall–Kier alpha value is -2.48. The highest BCUT2D eigenvalue weighted by molar-refractivity contribution is 5.75. The molecule has 0 aliphatic carbocycles. The summed E-state index contributed by atoms with van der Waals surface area (Å²) in [6, 6.07) is 12.8. The highest BCUT2D eigenvalue weighted by atomic mass is 19.1. The molecule has 2 aliphatic rings. The predicted octanol–water partition coefficient (Wildman–Crippen LogP) is 4.67. The van der Waals surface area contributed by atoms with Gasteiger partial charge in [0.25, 0.3) is 0 Å². The van der Waals surface area contributed by atoms with Crippen LogP contribution in [0.15, 0.2) is 42.5 Å². The van der Waals surface area contributed by atoms with Gasteiger partial charge in [-0.1, -0.05) is 42.0 Å². The number of carbonyl (C=O) groups excluding carboxylic acids is 1. The SMILES string of the molecule is COCCCC[C@@](O)(c1cccc(F)c1-c1cccc(C)c1)[C@@H]1CCCN(C(=O)N2CC[C@H](N)C2)C1. The van der Waals surface area contributed by atoms with E-state index in [2.05, 4.69) is 0 Å². The van der Waals surface area contributed by atoms with Gasteiger partial charge in [0.15, 0.2) is 0 Å². The van der Waals surface area contributed by atoms with Crippen molar-refractivity contribution in [3.63, 3.8) is 0 Å². The van der Waals surface area contributed by atoms with Crippen LogP contribution in [0.1, 0.15) is 49.7 Å². The lowest BCUT2D eigenvalue weighted by Crippen LogP contribution is -2.52. The van der Waals surface area contributed by atoms with Crippen LogP contribution < -0.4 is 5.73 Å². The average Bonchev–Trinajstić information content (AvgIpc) is 3.32. The number of unbranched alkanes of at least 4 members (excludes halogenated alkanes) is 1. The monoisotopic (exact) mass is 497 g/mol. The Balaban J connectivity index is 1.69. The molecule has 3 atom stereocenters. The van der Waals surface area contributed by atoms with Gasteiger partial charge < -0.3 is 25.4 Å². The lowest BCUT2D eigenvalue weighted by Gasteiger charge is -2.44. The average molecular weight is 498 g/mol. The number of amides is 2. The summed E-state index contributed by atoms with van der Waals surface area (Å²) in [7, 11) is 1.67. The number of ether oxygens (including phenoxy) is 1. The van der Waals surface area contributed by atoms with Gasteiger partial charge in [0.2, 0.25) is 0 Å². The van der Waals surface area contributed by atoms with Gasteiger partial charge in [-0.15, -0.1) is 0 Å². The zero-order valence-electron chi connectivity index (χ0n) is 21.6. The molecule has 0 spiro atoms. The van der Waals surface area contributed by atoms with Gasteiger partial charge in [0.05, 0.1) is 5.60 Å². The number of methoxy groups -OCH3 is 1. The molecule has 2 saturated heterocycles. The molecule has 2 aliphatic heterocycles. The Morgan fingerprint density at radius 1 is 1.14 bits per heavy atom. The van der Waals surface area contributed by atoms with Crippen molar-refractivity contribution in [2.45, 2.75) is 57.1 Å². The zero-order valence-corrected chi connectivity index (χ0v) is 21.6. The molecule has 4 rings (SSSR count). The summed E-state index contributed by atoms with van der Waals surface area (Å²) in [5.74, 6) is -0.553. The third-order valence-electron chi connectivity index (χ3n) is 7.81. The molecule has 0 unspecified atom stereocenters. The number of nitrogens with zero attached hydrogens (tertiary/aromatic N) is 2. The number of piperidine rings is 1. The topological polar surface area (TPSA) is 79.0 Å². The van der Waals surface area contributed by atoms with Crippen molar-refractivity contribution in [3.8, 4) is 11.1 Å². The number of hydrogen-bond acceptors (Lipinski definition) is 4.